The maximum absolute atomic E-state index is 13.1. The van der Waals surface area contributed by atoms with Crippen LogP contribution in [0.3, 0.4) is 0 Å². The van der Waals surface area contributed by atoms with E-state index in [4.69, 9.17) is 4.74 Å². The van der Waals surface area contributed by atoms with Crippen LogP contribution in [-0.2, 0) is 14.8 Å². The van der Waals surface area contributed by atoms with E-state index < -0.39 is 10.0 Å². The molecule has 2 aromatic carbocycles. The Morgan fingerprint density at radius 3 is 2.08 bits per heavy atom. The van der Waals surface area contributed by atoms with Gasteiger partial charge in [-0.2, -0.15) is 4.31 Å². The number of anilines is 1. The van der Waals surface area contributed by atoms with Gasteiger partial charge in [-0.25, -0.2) is 12.8 Å². The minimum Gasteiger partial charge on any atom is -0.379 e. The Labute approximate surface area is 209 Å². The summed E-state index contributed by atoms with van der Waals surface area (Å²) in [5, 5.41) is 8.57. The molecule has 5 rings (SSSR count). The second-order valence-electron chi connectivity index (χ2n) is 8.60. The molecule has 3 aromatic rings. The summed E-state index contributed by atoms with van der Waals surface area (Å²) in [5.41, 5.74) is 1.90. The molecule has 36 heavy (non-hydrogen) atoms. The minimum absolute atomic E-state index is 0.136. The number of hydrogen-bond donors (Lipinski definition) is 0. The molecular weight excluding hydrogens is 485 g/mol. The van der Waals surface area contributed by atoms with E-state index in [1.807, 2.05) is 12.1 Å². The van der Waals surface area contributed by atoms with Crippen molar-refractivity contribution in [2.75, 3.05) is 57.4 Å². The fourth-order valence-electron chi connectivity index (χ4n) is 4.30. The van der Waals surface area contributed by atoms with Gasteiger partial charge < -0.3 is 14.5 Å². The molecule has 0 aliphatic carbocycles. The summed E-state index contributed by atoms with van der Waals surface area (Å²) in [6.07, 6.45) is 0. The van der Waals surface area contributed by atoms with Crippen molar-refractivity contribution in [2.24, 2.45) is 0 Å². The summed E-state index contributed by atoms with van der Waals surface area (Å²) in [5.74, 6) is 0.276. The molecule has 1 aromatic heterocycles. The number of rotatable bonds is 5. The Morgan fingerprint density at radius 2 is 1.47 bits per heavy atom. The van der Waals surface area contributed by atoms with Gasteiger partial charge in [-0.05, 0) is 60.7 Å². The highest BCUT2D eigenvalue weighted by atomic mass is 32.2. The van der Waals surface area contributed by atoms with Crippen molar-refractivity contribution in [1.82, 2.24) is 19.4 Å². The van der Waals surface area contributed by atoms with Crippen molar-refractivity contribution >= 4 is 21.7 Å². The molecular formula is C25H26FN5O4S. The minimum atomic E-state index is -3.60. The van der Waals surface area contributed by atoms with Gasteiger partial charge in [-0.15, -0.1) is 10.2 Å². The first-order chi connectivity index (χ1) is 17.4. The van der Waals surface area contributed by atoms with Crippen LogP contribution in [0.5, 0.6) is 0 Å². The van der Waals surface area contributed by atoms with Crippen molar-refractivity contribution in [3.8, 4) is 11.3 Å². The third kappa shape index (κ3) is 5.08. The van der Waals surface area contributed by atoms with Crippen LogP contribution >= 0.6 is 0 Å². The van der Waals surface area contributed by atoms with Crippen LogP contribution in [0.2, 0.25) is 0 Å². The van der Waals surface area contributed by atoms with Crippen LogP contribution in [0.15, 0.2) is 65.6 Å². The first-order valence-corrected chi connectivity index (χ1v) is 13.2. The number of carbonyl (C=O) groups is 1. The van der Waals surface area contributed by atoms with Crippen LogP contribution in [0.25, 0.3) is 11.3 Å². The molecule has 0 spiro atoms. The zero-order valence-corrected chi connectivity index (χ0v) is 20.4. The zero-order chi connectivity index (χ0) is 25.1. The lowest BCUT2D eigenvalue weighted by atomic mass is 10.1. The number of hydrogen-bond acceptors (Lipinski definition) is 7. The topological polar surface area (TPSA) is 95.9 Å². The summed E-state index contributed by atoms with van der Waals surface area (Å²) in [7, 11) is -3.60. The highest BCUT2D eigenvalue weighted by Gasteiger charge is 2.27. The molecule has 0 radical (unpaired) electrons. The molecule has 0 atom stereocenters. The lowest BCUT2D eigenvalue weighted by Gasteiger charge is -2.35. The summed E-state index contributed by atoms with van der Waals surface area (Å²) >= 11 is 0. The molecule has 0 N–H and O–H groups in total. The number of ether oxygens (including phenoxy) is 1. The van der Waals surface area contributed by atoms with Crippen molar-refractivity contribution in [1.29, 1.82) is 0 Å². The second kappa shape index (κ2) is 10.3. The average molecular weight is 512 g/mol. The normalized spacial score (nSPS) is 17.2. The Kier molecular flexibility index (Phi) is 6.95. The van der Waals surface area contributed by atoms with Crippen LogP contribution < -0.4 is 4.90 Å². The van der Waals surface area contributed by atoms with Crippen LogP contribution in [0.1, 0.15) is 10.4 Å². The first-order valence-electron chi connectivity index (χ1n) is 11.7. The molecule has 2 aliphatic rings. The summed E-state index contributed by atoms with van der Waals surface area (Å²) in [6.45, 7) is 3.62. The first kappa shape index (κ1) is 24.3. The van der Waals surface area contributed by atoms with Crippen molar-refractivity contribution < 1.29 is 22.3 Å². The molecule has 0 saturated carbocycles. The van der Waals surface area contributed by atoms with Gasteiger partial charge >= 0.3 is 0 Å². The Hall–Kier alpha value is -3.41. The number of carbonyl (C=O) groups excluding carboxylic acids is 1. The molecule has 3 heterocycles. The van der Waals surface area contributed by atoms with Crippen LogP contribution in [-0.4, -0.2) is 86.2 Å². The molecule has 1 amide bonds. The van der Waals surface area contributed by atoms with Crippen molar-refractivity contribution in [3.05, 3.63) is 72.0 Å². The molecule has 9 nitrogen and oxygen atoms in total. The van der Waals surface area contributed by atoms with Crippen molar-refractivity contribution in [3.63, 3.8) is 0 Å². The highest BCUT2D eigenvalue weighted by molar-refractivity contribution is 7.89. The standard InChI is InChI=1S/C25H26FN5O4S/c26-21-5-1-19(2-6-21)23-9-10-24(28-27-23)29-11-13-30(14-12-29)25(32)20-3-7-22(8-4-20)36(33,34)31-15-17-35-18-16-31/h1-10H,11-18H2. The maximum atomic E-state index is 13.1. The predicted octanol–water partition coefficient (Wildman–Crippen LogP) is 2.27. The number of aromatic nitrogens is 2. The van der Waals surface area contributed by atoms with Gasteiger partial charge in [0.1, 0.15) is 5.82 Å². The largest absolute Gasteiger partial charge is 0.379 e. The summed E-state index contributed by atoms with van der Waals surface area (Å²) < 4.78 is 45.4. The molecule has 2 aliphatic heterocycles. The van der Waals surface area contributed by atoms with Crippen LogP contribution in [0, 0.1) is 5.82 Å². The number of benzene rings is 2. The van der Waals surface area contributed by atoms with Gasteiger partial charge in [0.05, 0.1) is 23.8 Å². The molecule has 11 heteroatoms. The number of piperazine rings is 1. The van der Waals surface area contributed by atoms with Gasteiger partial charge in [0.2, 0.25) is 10.0 Å². The number of morpholine rings is 1. The molecule has 0 unspecified atom stereocenters. The highest BCUT2D eigenvalue weighted by Crippen LogP contribution is 2.21. The van der Waals surface area contributed by atoms with E-state index in [2.05, 4.69) is 15.1 Å². The lowest BCUT2D eigenvalue weighted by molar-refractivity contribution is 0.0730. The lowest BCUT2D eigenvalue weighted by Crippen LogP contribution is -2.49. The van der Waals surface area contributed by atoms with E-state index >= 15 is 0 Å². The third-order valence-corrected chi connectivity index (χ3v) is 8.30. The summed E-state index contributed by atoms with van der Waals surface area (Å²) in [6, 6.07) is 15.9. The fraction of sp³-hybridized carbons (Fsp3) is 0.320. The summed E-state index contributed by atoms with van der Waals surface area (Å²) in [4.78, 5) is 17.0. The molecule has 188 valence electrons. The van der Waals surface area contributed by atoms with Gasteiger partial charge in [0.15, 0.2) is 5.82 Å². The quantitative estimate of drug-likeness (QED) is 0.519. The average Bonchev–Trinajstić information content (AvgIpc) is 2.94. The molecule has 2 saturated heterocycles. The Morgan fingerprint density at radius 1 is 0.806 bits per heavy atom. The third-order valence-electron chi connectivity index (χ3n) is 6.39. The smallest absolute Gasteiger partial charge is 0.253 e. The van der Waals surface area contributed by atoms with Gasteiger partial charge in [-0.3, -0.25) is 4.79 Å². The maximum Gasteiger partial charge on any atom is 0.253 e. The SMILES string of the molecule is O=C(c1ccc(S(=O)(=O)N2CCOCC2)cc1)N1CCN(c2ccc(-c3ccc(F)cc3)nn2)CC1. The zero-order valence-electron chi connectivity index (χ0n) is 19.6. The van der Waals surface area contributed by atoms with Gasteiger partial charge in [-0.1, -0.05) is 0 Å². The number of amides is 1. The van der Waals surface area contributed by atoms with Gasteiger partial charge in [0.25, 0.3) is 5.91 Å². The van der Waals surface area contributed by atoms with Crippen molar-refractivity contribution in [2.45, 2.75) is 4.90 Å². The van der Waals surface area contributed by atoms with E-state index in [1.165, 1.54) is 28.6 Å². The monoisotopic (exact) mass is 511 g/mol. The van der Waals surface area contributed by atoms with E-state index in [0.29, 0.717) is 69.6 Å². The van der Waals surface area contributed by atoms with E-state index in [1.54, 1.807) is 29.2 Å². The predicted molar refractivity (Wildman–Crippen MR) is 132 cm³/mol. The second-order valence-corrected chi connectivity index (χ2v) is 10.5. The van der Waals surface area contributed by atoms with Gasteiger partial charge in [0, 0.05) is 50.4 Å². The number of nitrogens with zero attached hydrogens (tertiary/aromatic N) is 5. The number of halogens is 1. The Balaban J connectivity index is 1.19. The van der Waals surface area contributed by atoms with E-state index in [0.717, 1.165) is 5.56 Å². The number of sulfonamides is 1. The van der Waals surface area contributed by atoms with Crippen LogP contribution in [0.4, 0.5) is 10.2 Å². The molecule has 0 bridgehead atoms. The molecule has 2 fully saturated rings. The Bertz CT molecular complexity index is 1300. The van der Waals surface area contributed by atoms with E-state index in [-0.39, 0.29) is 16.6 Å². The fourth-order valence-corrected chi connectivity index (χ4v) is 5.70. The van der Waals surface area contributed by atoms with E-state index in [9.17, 15) is 17.6 Å².